The lowest BCUT2D eigenvalue weighted by atomic mass is 10.2. The normalized spacial score (nSPS) is 13.5. The summed E-state index contributed by atoms with van der Waals surface area (Å²) in [5, 5.41) is 5.69. The second-order valence-electron chi connectivity index (χ2n) is 3.82. The molecule has 2 rings (SSSR count). The van der Waals surface area contributed by atoms with Crippen LogP contribution in [0.15, 0.2) is 17.8 Å². The van der Waals surface area contributed by atoms with Gasteiger partial charge in [0.05, 0.1) is 0 Å². The molecule has 0 aliphatic rings. The quantitative estimate of drug-likeness (QED) is 0.843. The van der Waals surface area contributed by atoms with Crippen LogP contribution in [0.2, 0.25) is 0 Å². The molecule has 2 aromatic heterocycles. The standard InChI is InChI=1S/C11H17N3S/c1-3-9(2)12-5-4-10-8-15-11-13-6-7-14(10)11/h6-9,12H,3-5H2,1-2H3. The summed E-state index contributed by atoms with van der Waals surface area (Å²) in [6.45, 7) is 5.47. The lowest BCUT2D eigenvalue weighted by Crippen LogP contribution is -2.27. The molecule has 1 unspecified atom stereocenters. The highest BCUT2D eigenvalue weighted by Crippen LogP contribution is 2.14. The van der Waals surface area contributed by atoms with E-state index in [2.05, 4.69) is 33.9 Å². The predicted octanol–water partition coefficient (Wildman–Crippen LogP) is 2.33. The molecule has 0 radical (unpaired) electrons. The van der Waals surface area contributed by atoms with Crippen molar-refractivity contribution < 1.29 is 0 Å². The fourth-order valence-electron chi connectivity index (χ4n) is 1.54. The SMILES string of the molecule is CCC(C)NCCc1csc2nccn12. The summed E-state index contributed by atoms with van der Waals surface area (Å²) in [5.41, 5.74) is 1.35. The smallest absolute Gasteiger partial charge is 0.193 e. The number of rotatable bonds is 5. The third-order valence-electron chi connectivity index (χ3n) is 2.70. The number of fused-ring (bicyclic) bond motifs is 1. The molecule has 4 heteroatoms. The molecule has 0 amide bonds. The van der Waals surface area contributed by atoms with Gasteiger partial charge in [-0.25, -0.2) is 4.98 Å². The van der Waals surface area contributed by atoms with Crippen LogP contribution in [0.1, 0.15) is 26.0 Å². The summed E-state index contributed by atoms with van der Waals surface area (Å²) in [6.07, 6.45) is 6.15. The zero-order valence-corrected chi connectivity index (χ0v) is 10.0. The summed E-state index contributed by atoms with van der Waals surface area (Å²) < 4.78 is 2.17. The molecule has 0 aromatic carbocycles. The van der Waals surface area contributed by atoms with Crippen LogP contribution in [-0.4, -0.2) is 22.0 Å². The van der Waals surface area contributed by atoms with Gasteiger partial charge in [-0.2, -0.15) is 0 Å². The minimum absolute atomic E-state index is 0.613. The Morgan fingerprint density at radius 2 is 2.47 bits per heavy atom. The van der Waals surface area contributed by atoms with Crippen molar-refractivity contribution in [2.75, 3.05) is 6.54 Å². The minimum Gasteiger partial charge on any atom is -0.314 e. The second-order valence-corrected chi connectivity index (χ2v) is 4.66. The highest BCUT2D eigenvalue weighted by Gasteiger charge is 2.03. The molecule has 1 atom stereocenters. The molecule has 0 aliphatic heterocycles. The Hall–Kier alpha value is -0.870. The number of hydrogen-bond donors (Lipinski definition) is 1. The van der Waals surface area contributed by atoms with Gasteiger partial charge in [-0.15, -0.1) is 11.3 Å². The molecule has 0 aliphatic carbocycles. The van der Waals surface area contributed by atoms with Crippen molar-refractivity contribution in [3.05, 3.63) is 23.5 Å². The Morgan fingerprint density at radius 3 is 3.27 bits per heavy atom. The van der Waals surface area contributed by atoms with E-state index in [1.807, 2.05) is 12.4 Å². The van der Waals surface area contributed by atoms with E-state index in [4.69, 9.17) is 0 Å². The van der Waals surface area contributed by atoms with Crippen LogP contribution in [0.3, 0.4) is 0 Å². The average Bonchev–Trinajstić information content (AvgIpc) is 2.81. The van der Waals surface area contributed by atoms with Crippen molar-refractivity contribution in [1.29, 1.82) is 0 Å². The van der Waals surface area contributed by atoms with E-state index in [1.165, 1.54) is 12.1 Å². The number of aromatic nitrogens is 2. The van der Waals surface area contributed by atoms with Crippen LogP contribution in [0.5, 0.6) is 0 Å². The Kier molecular flexibility index (Phi) is 3.38. The van der Waals surface area contributed by atoms with Gasteiger partial charge in [0.25, 0.3) is 0 Å². The van der Waals surface area contributed by atoms with Crippen molar-refractivity contribution in [3.8, 4) is 0 Å². The molecule has 82 valence electrons. The number of nitrogens with zero attached hydrogens (tertiary/aromatic N) is 2. The minimum atomic E-state index is 0.613. The molecule has 2 aromatic rings. The molecule has 3 nitrogen and oxygen atoms in total. The Balaban J connectivity index is 1.92. The molecule has 15 heavy (non-hydrogen) atoms. The topological polar surface area (TPSA) is 29.3 Å². The van der Waals surface area contributed by atoms with Gasteiger partial charge in [-0.3, -0.25) is 4.40 Å². The molecule has 1 N–H and O–H groups in total. The average molecular weight is 223 g/mol. The van der Waals surface area contributed by atoms with E-state index in [0.717, 1.165) is 17.9 Å². The van der Waals surface area contributed by atoms with Crippen LogP contribution >= 0.6 is 11.3 Å². The maximum Gasteiger partial charge on any atom is 0.193 e. The lowest BCUT2D eigenvalue weighted by Gasteiger charge is -2.10. The van der Waals surface area contributed by atoms with Crippen molar-refractivity contribution in [3.63, 3.8) is 0 Å². The summed E-state index contributed by atoms with van der Waals surface area (Å²) in [4.78, 5) is 5.35. The van der Waals surface area contributed by atoms with Crippen molar-refractivity contribution in [2.45, 2.75) is 32.7 Å². The van der Waals surface area contributed by atoms with E-state index >= 15 is 0 Å². The first kappa shape index (κ1) is 10.6. The van der Waals surface area contributed by atoms with Crippen LogP contribution in [0, 0.1) is 0 Å². The first-order chi connectivity index (χ1) is 7.31. The molecule has 0 saturated carbocycles. The van der Waals surface area contributed by atoms with Gasteiger partial charge in [0, 0.05) is 42.5 Å². The maximum absolute atomic E-state index is 4.26. The molecule has 0 bridgehead atoms. The van der Waals surface area contributed by atoms with E-state index in [0.29, 0.717) is 6.04 Å². The Morgan fingerprint density at radius 1 is 1.60 bits per heavy atom. The molecule has 0 saturated heterocycles. The van der Waals surface area contributed by atoms with Gasteiger partial charge < -0.3 is 5.32 Å². The maximum atomic E-state index is 4.26. The predicted molar refractivity (Wildman–Crippen MR) is 64.5 cm³/mol. The van der Waals surface area contributed by atoms with Crippen LogP contribution < -0.4 is 5.32 Å². The largest absolute Gasteiger partial charge is 0.314 e. The Labute approximate surface area is 94.1 Å². The first-order valence-electron chi connectivity index (χ1n) is 5.44. The van der Waals surface area contributed by atoms with Crippen molar-refractivity contribution in [1.82, 2.24) is 14.7 Å². The highest BCUT2D eigenvalue weighted by molar-refractivity contribution is 7.15. The number of nitrogens with one attached hydrogen (secondary N) is 1. The van der Waals surface area contributed by atoms with Gasteiger partial charge in [0.1, 0.15) is 0 Å². The van der Waals surface area contributed by atoms with Crippen molar-refractivity contribution in [2.24, 2.45) is 0 Å². The van der Waals surface area contributed by atoms with E-state index in [-0.39, 0.29) is 0 Å². The molecule has 0 spiro atoms. The zero-order chi connectivity index (χ0) is 10.7. The first-order valence-corrected chi connectivity index (χ1v) is 6.32. The van der Waals surface area contributed by atoms with Crippen LogP contribution in [0.4, 0.5) is 0 Å². The molecular weight excluding hydrogens is 206 g/mol. The van der Waals surface area contributed by atoms with Gasteiger partial charge in [-0.05, 0) is 13.3 Å². The fourth-order valence-corrected chi connectivity index (χ4v) is 2.43. The number of imidazole rings is 1. The van der Waals surface area contributed by atoms with Crippen LogP contribution in [0.25, 0.3) is 4.96 Å². The van der Waals surface area contributed by atoms with Gasteiger partial charge in [0.2, 0.25) is 0 Å². The third kappa shape index (κ3) is 2.38. The zero-order valence-electron chi connectivity index (χ0n) is 9.23. The highest BCUT2D eigenvalue weighted by atomic mass is 32.1. The monoisotopic (exact) mass is 223 g/mol. The summed E-state index contributed by atoms with van der Waals surface area (Å²) in [6, 6.07) is 0.613. The van der Waals surface area contributed by atoms with Gasteiger partial charge >= 0.3 is 0 Å². The van der Waals surface area contributed by atoms with Gasteiger partial charge in [-0.1, -0.05) is 6.92 Å². The van der Waals surface area contributed by atoms with Crippen molar-refractivity contribution >= 4 is 16.3 Å². The molecule has 2 heterocycles. The van der Waals surface area contributed by atoms with Crippen LogP contribution in [-0.2, 0) is 6.42 Å². The summed E-state index contributed by atoms with van der Waals surface area (Å²) >= 11 is 1.71. The third-order valence-corrected chi connectivity index (χ3v) is 3.61. The number of hydrogen-bond acceptors (Lipinski definition) is 3. The van der Waals surface area contributed by atoms with E-state index in [9.17, 15) is 0 Å². The number of thiazole rings is 1. The second kappa shape index (κ2) is 4.77. The summed E-state index contributed by atoms with van der Waals surface area (Å²) in [7, 11) is 0. The van der Waals surface area contributed by atoms with Gasteiger partial charge in [0.15, 0.2) is 4.96 Å². The fraction of sp³-hybridized carbons (Fsp3) is 0.545. The molecule has 0 fully saturated rings. The summed E-state index contributed by atoms with van der Waals surface area (Å²) in [5.74, 6) is 0. The van der Waals surface area contributed by atoms with E-state index in [1.54, 1.807) is 11.3 Å². The molecular formula is C11H17N3S. The lowest BCUT2D eigenvalue weighted by molar-refractivity contribution is 0.535. The Bertz CT molecular complexity index is 418. The van der Waals surface area contributed by atoms with E-state index < -0.39 is 0 Å².